The number of hydrogen-bond donors (Lipinski definition) is 2. The van der Waals surface area contributed by atoms with Crippen LogP contribution in [0.5, 0.6) is 0 Å². The monoisotopic (exact) mass is 1000 g/mol. The Kier molecular flexibility index (Phi) is 48.2. The van der Waals surface area contributed by atoms with Gasteiger partial charge in [-0.1, -0.05) is 203 Å². The van der Waals surface area contributed by atoms with Crippen molar-refractivity contribution in [3.63, 3.8) is 0 Å². The Morgan fingerprint density at radius 1 is 0.500 bits per heavy atom. The lowest BCUT2D eigenvalue weighted by atomic mass is 10.1. The van der Waals surface area contributed by atoms with E-state index in [0.717, 1.165) is 83.5 Å². The summed E-state index contributed by atoms with van der Waals surface area (Å²) in [5.74, 6) is -0.562. The first-order valence-electron chi connectivity index (χ1n) is 28.8. The zero-order valence-corrected chi connectivity index (χ0v) is 47.1. The van der Waals surface area contributed by atoms with Gasteiger partial charge in [0.15, 0.2) is 0 Å². The number of phosphoric acid groups is 1. The molecule has 0 heterocycles. The molecule has 10 heteroatoms. The van der Waals surface area contributed by atoms with Gasteiger partial charge in [0.2, 0.25) is 5.91 Å². The fraction of sp³-hybridized carbons (Fsp3) is 0.767. The second kappa shape index (κ2) is 50.0. The molecule has 9 nitrogen and oxygen atoms in total. The van der Waals surface area contributed by atoms with Crippen LogP contribution in [-0.4, -0.2) is 74.3 Å². The van der Waals surface area contributed by atoms with Crippen molar-refractivity contribution < 1.29 is 37.3 Å². The molecule has 0 aliphatic heterocycles. The lowest BCUT2D eigenvalue weighted by Gasteiger charge is -2.27. The Bertz CT molecular complexity index is 1430. The Hall–Kier alpha value is -2.55. The second-order valence-corrected chi connectivity index (χ2v) is 21.9. The van der Waals surface area contributed by atoms with Crippen molar-refractivity contribution in [1.29, 1.82) is 0 Å². The molecule has 0 aromatic rings. The Balaban J connectivity index is 5.39. The minimum atomic E-state index is -4.46. The number of esters is 1. The molecule has 0 aliphatic carbocycles. The summed E-state index contributed by atoms with van der Waals surface area (Å²) in [6.07, 6.45) is 63.3. The minimum Gasteiger partial charge on any atom is -0.456 e. The van der Waals surface area contributed by atoms with E-state index >= 15 is 0 Å². The van der Waals surface area contributed by atoms with Crippen molar-refractivity contribution in [3.05, 3.63) is 72.9 Å². The van der Waals surface area contributed by atoms with Crippen LogP contribution in [0.3, 0.4) is 0 Å². The van der Waals surface area contributed by atoms with E-state index in [0.29, 0.717) is 23.9 Å². The van der Waals surface area contributed by atoms with Crippen LogP contribution >= 0.6 is 7.82 Å². The largest absolute Gasteiger partial charge is 0.472 e. The van der Waals surface area contributed by atoms with Crippen molar-refractivity contribution in [2.24, 2.45) is 0 Å². The summed E-state index contributed by atoms with van der Waals surface area (Å²) in [4.78, 5) is 37.5. The van der Waals surface area contributed by atoms with Gasteiger partial charge in [-0.15, -0.1) is 0 Å². The molecule has 0 saturated carbocycles. The molecule has 3 atom stereocenters. The summed E-state index contributed by atoms with van der Waals surface area (Å²) in [7, 11) is 1.46. The number of nitrogens with zero attached hydrogens (tertiary/aromatic N) is 1. The van der Waals surface area contributed by atoms with E-state index in [1.165, 1.54) is 116 Å². The Morgan fingerprint density at radius 3 is 1.34 bits per heavy atom. The van der Waals surface area contributed by atoms with Gasteiger partial charge in [-0.2, -0.15) is 0 Å². The summed E-state index contributed by atoms with van der Waals surface area (Å²) < 4.78 is 30.5. The predicted octanol–water partition coefficient (Wildman–Crippen LogP) is 17.3. The molecular formula is C60H110N2O7P+. The zero-order chi connectivity index (χ0) is 51.5. The van der Waals surface area contributed by atoms with Crippen LogP contribution in [0.4, 0.5) is 0 Å². The third kappa shape index (κ3) is 50.4. The van der Waals surface area contributed by atoms with Crippen LogP contribution in [0.25, 0.3) is 0 Å². The molecule has 0 saturated heterocycles. The number of ether oxygens (including phenoxy) is 1. The molecule has 0 spiro atoms. The van der Waals surface area contributed by atoms with Crippen LogP contribution in [0.2, 0.25) is 0 Å². The van der Waals surface area contributed by atoms with E-state index in [-0.39, 0.29) is 37.9 Å². The molecular weight excluding hydrogens is 892 g/mol. The van der Waals surface area contributed by atoms with Crippen LogP contribution in [0.1, 0.15) is 245 Å². The van der Waals surface area contributed by atoms with Gasteiger partial charge in [0.05, 0.1) is 33.8 Å². The molecule has 70 heavy (non-hydrogen) atoms. The number of unbranched alkanes of at least 4 members (excludes halogenated alkanes) is 25. The van der Waals surface area contributed by atoms with Gasteiger partial charge >= 0.3 is 13.8 Å². The van der Waals surface area contributed by atoms with Crippen LogP contribution in [0, 0.1) is 0 Å². The summed E-state index contributed by atoms with van der Waals surface area (Å²) >= 11 is 0. The number of nitrogens with one attached hydrogen (secondary N) is 1. The minimum absolute atomic E-state index is 0.0292. The number of quaternary nitrogens is 1. The lowest BCUT2D eigenvalue weighted by Crippen LogP contribution is -2.47. The summed E-state index contributed by atoms with van der Waals surface area (Å²) in [5.41, 5.74) is 0. The summed E-state index contributed by atoms with van der Waals surface area (Å²) in [5, 5.41) is 3.02. The molecule has 0 aromatic carbocycles. The van der Waals surface area contributed by atoms with Gasteiger partial charge in [0.25, 0.3) is 0 Å². The van der Waals surface area contributed by atoms with E-state index in [1.54, 1.807) is 0 Å². The maximum absolute atomic E-state index is 13.5. The van der Waals surface area contributed by atoms with Crippen molar-refractivity contribution >= 4 is 19.7 Å². The van der Waals surface area contributed by atoms with Crippen LogP contribution in [0.15, 0.2) is 72.9 Å². The van der Waals surface area contributed by atoms with E-state index in [2.05, 4.69) is 86.8 Å². The highest BCUT2D eigenvalue weighted by Crippen LogP contribution is 2.43. The first kappa shape index (κ1) is 67.5. The summed E-state index contributed by atoms with van der Waals surface area (Å²) in [6.45, 7) is 6.93. The van der Waals surface area contributed by atoms with Crippen LogP contribution in [-0.2, 0) is 27.9 Å². The van der Waals surface area contributed by atoms with Crippen molar-refractivity contribution in [2.45, 2.75) is 258 Å². The van der Waals surface area contributed by atoms with Crippen molar-refractivity contribution in [1.82, 2.24) is 5.32 Å². The second-order valence-electron chi connectivity index (χ2n) is 20.5. The molecule has 3 unspecified atom stereocenters. The van der Waals surface area contributed by atoms with Gasteiger partial charge in [0, 0.05) is 12.8 Å². The third-order valence-corrected chi connectivity index (χ3v) is 13.4. The number of carbonyl (C=O) groups is 2. The van der Waals surface area contributed by atoms with E-state index in [4.69, 9.17) is 13.8 Å². The van der Waals surface area contributed by atoms with Gasteiger partial charge < -0.3 is 19.4 Å². The molecule has 1 amide bonds. The van der Waals surface area contributed by atoms with Gasteiger partial charge in [-0.25, -0.2) is 4.57 Å². The highest BCUT2D eigenvalue weighted by Gasteiger charge is 2.30. The normalized spacial score (nSPS) is 14.3. The standard InChI is InChI=1S/C60H109N2O7P/c1-7-10-13-16-19-22-25-27-29-30-31-32-33-34-37-40-43-46-49-52-59(63)61-57(56-68-70(65,66)67-55-54-62(4,5)6)58(51-48-45-42-39-36-24-21-18-15-12-9-3)69-60(64)53-50-47-44-41-38-35-28-26-23-20-17-14-11-8-2/h19,22,27,29,31-32,34-35,37-38,48,51,57-58H,7-18,20-21,23-26,28,30,33,36,39-47,49-50,52-56H2,1-6H3,(H-,61,63,65,66)/p+1/b22-19-,29-27-,32-31-,37-34-,38-35-,51-48-. The molecule has 0 fully saturated rings. The highest BCUT2D eigenvalue weighted by molar-refractivity contribution is 7.47. The molecule has 0 rings (SSSR count). The lowest BCUT2D eigenvalue weighted by molar-refractivity contribution is -0.870. The van der Waals surface area contributed by atoms with E-state index in [1.807, 2.05) is 33.3 Å². The number of amides is 1. The fourth-order valence-electron chi connectivity index (χ4n) is 7.86. The average Bonchev–Trinajstić information content (AvgIpc) is 3.32. The Labute approximate surface area is 432 Å². The number of rotatable bonds is 51. The van der Waals surface area contributed by atoms with Gasteiger partial charge in [0.1, 0.15) is 19.3 Å². The van der Waals surface area contributed by atoms with Gasteiger partial charge in [-0.3, -0.25) is 18.6 Å². The van der Waals surface area contributed by atoms with Crippen molar-refractivity contribution in [3.8, 4) is 0 Å². The molecule has 0 bridgehead atoms. The first-order chi connectivity index (χ1) is 33.9. The fourth-order valence-corrected chi connectivity index (χ4v) is 8.59. The molecule has 0 aliphatic rings. The maximum atomic E-state index is 13.5. The van der Waals surface area contributed by atoms with E-state index < -0.39 is 20.0 Å². The topological polar surface area (TPSA) is 111 Å². The Morgan fingerprint density at radius 2 is 0.871 bits per heavy atom. The van der Waals surface area contributed by atoms with Crippen molar-refractivity contribution in [2.75, 3.05) is 40.9 Å². The quantitative estimate of drug-likeness (QED) is 0.0205. The number of likely N-dealkylation sites (N-methyl/N-ethyl adjacent to an activating group) is 1. The highest BCUT2D eigenvalue weighted by atomic mass is 31.2. The smallest absolute Gasteiger partial charge is 0.456 e. The average molecular weight is 1000 g/mol. The first-order valence-corrected chi connectivity index (χ1v) is 30.3. The number of hydrogen-bond acceptors (Lipinski definition) is 6. The number of carbonyl (C=O) groups excluding carboxylic acids is 2. The predicted molar refractivity (Wildman–Crippen MR) is 300 cm³/mol. The third-order valence-electron chi connectivity index (χ3n) is 12.4. The molecule has 406 valence electrons. The molecule has 0 aromatic heterocycles. The zero-order valence-electron chi connectivity index (χ0n) is 46.2. The SMILES string of the molecule is CCCCC/C=C\C/C=C\C/C=C\C/C=C\CCCCCC(=O)NC(COP(=O)(O)OCC[N+](C)(C)C)C(/C=C\CCCCCCCCCCC)OC(=O)CCCCC/C=C\CCCCCCCCC. The number of phosphoric ester groups is 1. The molecule has 2 N–H and O–H groups in total. The van der Waals surface area contributed by atoms with E-state index in [9.17, 15) is 19.0 Å². The number of allylic oxidation sites excluding steroid dienone is 11. The van der Waals surface area contributed by atoms with Gasteiger partial charge in [-0.05, 0) is 102 Å². The molecule has 0 radical (unpaired) electrons. The summed E-state index contributed by atoms with van der Waals surface area (Å²) in [6, 6.07) is -0.872. The maximum Gasteiger partial charge on any atom is 0.472 e. The van der Waals surface area contributed by atoms with Crippen LogP contribution < -0.4 is 5.32 Å².